The largest absolute Gasteiger partial charge is 0.444 e. The maximum absolute atomic E-state index is 14.0. The zero-order chi connectivity index (χ0) is 37.5. The van der Waals surface area contributed by atoms with Crippen LogP contribution >= 0.6 is 0 Å². The summed E-state index contributed by atoms with van der Waals surface area (Å²) >= 11 is 0. The maximum Gasteiger partial charge on any atom is 0.408 e. The molecule has 3 aromatic rings. The van der Waals surface area contributed by atoms with E-state index in [0.717, 1.165) is 12.1 Å². The van der Waals surface area contributed by atoms with Gasteiger partial charge < -0.3 is 25.6 Å². The summed E-state index contributed by atoms with van der Waals surface area (Å²) in [5.74, 6) is -4.55. The monoisotopic (exact) mass is 721 g/mol. The third-order valence-electron chi connectivity index (χ3n) is 9.44. The van der Waals surface area contributed by atoms with Crippen LogP contribution < -0.4 is 16.0 Å². The molecule has 2 atom stereocenters. The quantitative estimate of drug-likeness (QED) is 0.260. The summed E-state index contributed by atoms with van der Waals surface area (Å²) in [7, 11) is 1.60. The van der Waals surface area contributed by atoms with Crippen LogP contribution in [0.4, 0.5) is 19.3 Å². The predicted octanol–water partition coefficient (Wildman–Crippen LogP) is 4.76. The molecule has 1 aliphatic heterocycles. The van der Waals surface area contributed by atoms with Gasteiger partial charge in [0.25, 0.3) is 5.91 Å². The van der Waals surface area contributed by atoms with Gasteiger partial charge >= 0.3 is 6.09 Å². The predicted molar refractivity (Wildman–Crippen MR) is 192 cm³/mol. The summed E-state index contributed by atoms with van der Waals surface area (Å²) < 4.78 is 34.8. The Morgan fingerprint density at radius 1 is 0.904 bits per heavy atom. The van der Waals surface area contributed by atoms with Crippen LogP contribution in [0.3, 0.4) is 0 Å². The van der Waals surface area contributed by atoms with Gasteiger partial charge in [0.1, 0.15) is 23.4 Å². The molecule has 0 spiro atoms. The molecule has 0 radical (unpaired) electrons. The fourth-order valence-electron chi connectivity index (χ4n) is 6.62. The van der Waals surface area contributed by atoms with Gasteiger partial charge in [-0.15, -0.1) is 0 Å². The van der Waals surface area contributed by atoms with E-state index < -0.39 is 47.4 Å². The van der Waals surface area contributed by atoms with Crippen molar-refractivity contribution in [1.82, 2.24) is 30.2 Å². The van der Waals surface area contributed by atoms with Crippen molar-refractivity contribution in [2.24, 2.45) is 13.0 Å². The van der Waals surface area contributed by atoms with Crippen molar-refractivity contribution in [3.63, 3.8) is 0 Å². The Hall–Kier alpha value is -4.85. The highest BCUT2D eigenvalue weighted by Gasteiger charge is 2.40. The molecule has 3 N–H and O–H groups in total. The number of benzene rings is 2. The van der Waals surface area contributed by atoms with Crippen molar-refractivity contribution < 1.29 is 32.7 Å². The second kappa shape index (κ2) is 16.7. The van der Waals surface area contributed by atoms with Crippen LogP contribution in [0.15, 0.2) is 66.9 Å². The Labute approximate surface area is 303 Å². The topological polar surface area (TPSA) is 138 Å². The van der Waals surface area contributed by atoms with E-state index in [1.807, 2.05) is 18.2 Å². The lowest BCUT2D eigenvalue weighted by Gasteiger charge is -2.36. The molecule has 4 amide bonds. The molecule has 5 rings (SSSR count). The number of nitrogens with one attached hydrogen (secondary N) is 3. The van der Waals surface area contributed by atoms with Crippen molar-refractivity contribution in [1.29, 1.82) is 0 Å². The minimum Gasteiger partial charge on any atom is -0.444 e. The number of alkyl halides is 2. The molecule has 2 fully saturated rings. The number of aryl methyl sites for hydroxylation is 1. The molecule has 12 nitrogen and oxygen atoms in total. The highest BCUT2D eigenvalue weighted by Crippen LogP contribution is 2.38. The number of carbonyl (C=O) groups excluding carboxylic acids is 4. The first kappa shape index (κ1) is 38.4. The smallest absolute Gasteiger partial charge is 0.408 e. The Balaban J connectivity index is 1.24. The summed E-state index contributed by atoms with van der Waals surface area (Å²) in [6.45, 7) is 8.46. The van der Waals surface area contributed by atoms with Gasteiger partial charge in [0.15, 0.2) is 0 Å². The molecule has 0 unspecified atom stereocenters. The molecule has 1 saturated heterocycles. The van der Waals surface area contributed by atoms with E-state index in [2.05, 4.69) is 38.1 Å². The molecule has 0 bridgehead atoms. The van der Waals surface area contributed by atoms with Crippen LogP contribution in [-0.4, -0.2) is 93.2 Å². The third kappa shape index (κ3) is 10.8. The number of halogens is 2. The van der Waals surface area contributed by atoms with Gasteiger partial charge in [0, 0.05) is 70.9 Å². The molecule has 2 aliphatic rings. The normalized spacial score (nSPS) is 17.8. The van der Waals surface area contributed by atoms with E-state index in [0.29, 0.717) is 31.9 Å². The average molecular weight is 722 g/mol. The summed E-state index contributed by atoms with van der Waals surface area (Å²) in [4.78, 5) is 57.4. The standard InChI is InChI=1S/C38H49F2N7O5/c1-37(2,3)52-36(51)43-30(35(50)47-22-20-46(21-23-47)25-27-8-6-5-7-9-27)24-26-10-12-29(13-11-26)42-34(49)32(28-14-17-38(39,40)18-15-28)44-33(48)31-16-19-41-45(31)4/h5-13,16,19,28,30,32H,14-15,17-18,20-25H2,1-4H3,(H,42,49)(H,43,51)(H,44,48)/t30-,32+/m1/s1. The van der Waals surface area contributed by atoms with E-state index >= 15 is 0 Å². The van der Waals surface area contributed by atoms with Crippen molar-refractivity contribution in [2.45, 2.75) is 83.0 Å². The lowest BCUT2D eigenvalue weighted by Crippen LogP contribution is -2.55. The number of rotatable bonds is 11. The molecular formula is C38H49F2N7O5. The van der Waals surface area contributed by atoms with Crippen LogP contribution in [0.25, 0.3) is 0 Å². The molecule has 2 heterocycles. The van der Waals surface area contributed by atoms with E-state index in [-0.39, 0.29) is 43.7 Å². The Morgan fingerprint density at radius 3 is 2.15 bits per heavy atom. The molecule has 14 heteroatoms. The number of hydrogen-bond acceptors (Lipinski definition) is 7. The number of piperazine rings is 1. The van der Waals surface area contributed by atoms with Gasteiger partial charge in [0.05, 0.1) is 0 Å². The molecule has 1 saturated carbocycles. The third-order valence-corrected chi connectivity index (χ3v) is 9.44. The van der Waals surface area contributed by atoms with E-state index in [4.69, 9.17) is 4.74 Å². The second-order valence-corrected chi connectivity index (χ2v) is 14.7. The highest BCUT2D eigenvalue weighted by atomic mass is 19.3. The van der Waals surface area contributed by atoms with Gasteiger partial charge in [-0.2, -0.15) is 5.10 Å². The molecule has 52 heavy (non-hydrogen) atoms. The molecule has 1 aromatic heterocycles. The zero-order valence-corrected chi connectivity index (χ0v) is 30.2. The fraction of sp³-hybridized carbons (Fsp3) is 0.500. The fourth-order valence-corrected chi connectivity index (χ4v) is 6.62. The van der Waals surface area contributed by atoms with Crippen LogP contribution in [-0.2, 0) is 34.3 Å². The summed E-state index contributed by atoms with van der Waals surface area (Å²) in [6, 6.07) is 16.5. The Morgan fingerprint density at radius 2 is 1.56 bits per heavy atom. The van der Waals surface area contributed by atoms with Crippen molar-refractivity contribution >= 4 is 29.5 Å². The van der Waals surface area contributed by atoms with E-state index in [9.17, 15) is 28.0 Å². The number of carbonyl (C=O) groups is 4. The second-order valence-electron chi connectivity index (χ2n) is 14.7. The lowest BCUT2D eigenvalue weighted by molar-refractivity contribution is -0.135. The number of anilines is 1. The Kier molecular flexibility index (Phi) is 12.3. The van der Waals surface area contributed by atoms with Gasteiger partial charge in [0.2, 0.25) is 17.7 Å². The van der Waals surface area contributed by atoms with Crippen molar-refractivity contribution in [3.05, 3.63) is 83.7 Å². The minimum atomic E-state index is -2.80. The lowest BCUT2D eigenvalue weighted by atomic mass is 9.81. The van der Waals surface area contributed by atoms with Gasteiger partial charge in [-0.3, -0.25) is 24.0 Å². The number of alkyl carbamates (subject to hydrolysis) is 1. The number of hydrogen-bond donors (Lipinski definition) is 3. The molecule has 1 aliphatic carbocycles. The van der Waals surface area contributed by atoms with Crippen molar-refractivity contribution in [2.75, 3.05) is 31.5 Å². The van der Waals surface area contributed by atoms with Gasteiger partial charge in [-0.25, -0.2) is 13.6 Å². The molecule has 2 aromatic carbocycles. The zero-order valence-electron chi connectivity index (χ0n) is 30.2. The number of nitrogens with zero attached hydrogens (tertiary/aromatic N) is 4. The van der Waals surface area contributed by atoms with E-state index in [1.54, 1.807) is 57.0 Å². The first-order valence-corrected chi connectivity index (χ1v) is 17.8. The van der Waals surface area contributed by atoms with Gasteiger partial charge in [-0.1, -0.05) is 42.5 Å². The summed E-state index contributed by atoms with van der Waals surface area (Å²) in [5.41, 5.74) is 1.84. The van der Waals surface area contributed by atoms with Gasteiger partial charge in [-0.05, 0) is 68.9 Å². The van der Waals surface area contributed by atoms with Crippen LogP contribution in [0, 0.1) is 5.92 Å². The number of amides is 4. The Bertz CT molecular complexity index is 1680. The van der Waals surface area contributed by atoms with E-state index in [1.165, 1.54) is 22.5 Å². The first-order valence-electron chi connectivity index (χ1n) is 17.8. The van der Waals surface area contributed by atoms with Crippen LogP contribution in [0.5, 0.6) is 0 Å². The van der Waals surface area contributed by atoms with Crippen LogP contribution in [0.2, 0.25) is 0 Å². The highest BCUT2D eigenvalue weighted by molar-refractivity contribution is 6.00. The first-order chi connectivity index (χ1) is 24.7. The number of aromatic nitrogens is 2. The number of ether oxygens (including phenoxy) is 1. The molecular weight excluding hydrogens is 672 g/mol. The SMILES string of the molecule is Cn1nccc1C(=O)N[C@H](C(=O)Nc1ccc(C[C@@H](NC(=O)OC(C)(C)C)C(=O)N2CCN(Cc3ccccc3)CC2)cc1)C1CCC(F)(F)CC1. The summed E-state index contributed by atoms with van der Waals surface area (Å²) in [5, 5.41) is 12.4. The minimum absolute atomic E-state index is 0.0812. The maximum atomic E-state index is 14.0. The van der Waals surface area contributed by atoms with Crippen LogP contribution in [0.1, 0.15) is 68.1 Å². The average Bonchev–Trinajstić information content (AvgIpc) is 3.53. The molecule has 280 valence electrons. The summed E-state index contributed by atoms with van der Waals surface area (Å²) in [6.07, 6.45) is 0.376. The van der Waals surface area contributed by atoms with Crippen molar-refractivity contribution in [3.8, 4) is 0 Å².